The number of carbonyl (C=O) groups excluding carboxylic acids is 1. The van der Waals surface area contributed by atoms with Crippen molar-refractivity contribution in [2.45, 2.75) is 0 Å². The maximum Gasteiger partial charge on any atom is 0.407 e. The van der Waals surface area contributed by atoms with Crippen molar-refractivity contribution in [2.24, 2.45) is 5.73 Å². The van der Waals surface area contributed by atoms with Crippen LogP contribution in [0.4, 0.5) is 4.79 Å². The first kappa shape index (κ1) is 7.23. The van der Waals surface area contributed by atoms with Crippen LogP contribution < -0.4 is 11.1 Å². The first-order valence-corrected chi connectivity index (χ1v) is 2.38. The van der Waals surface area contributed by atoms with Gasteiger partial charge in [0.2, 0.25) is 0 Å². The molecule has 4 heteroatoms. The molecule has 1 fully saturated rings. The van der Waals surface area contributed by atoms with Gasteiger partial charge in [-0.3, -0.25) is 0 Å². The Labute approximate surface area is 48.0 Å². The molecule has 0 aromatic heterocycles. The van der Waals surface area contributed by atoms with Gasteiger partial charge in [-0.1, -0.05) is 0 Å². The monoisotopic (exact) mass is 118 g/mol. The van der Waals surface area contributed by atoms with Crippen molar-refractivity contribution in [3.8, 4) is 0 Å². The molecule has 0 aromatic rings. The molecule has 0 saturated carbocycles. The van der Waals surface area contributed by atoms with E-state index in [9.17, 15) is 4.79 Å². The van der Waals surface area contributed by atoms with Gasteiger partial charge in [0.25, 0.3) is 0 Å². The topological polar surface area (TPSA) is 64.4 Å². The van der Waals surface area contributed by atoms with E-state index in [0.29, 0.717) is 13.2 Å². The zero-order valence-corrected chi connectivity index (χ0v) is 4.81. The number of cyclic esters (lactones) is 1. The zero-order chi connectivity index (χ0) is 6.41. The standard InChI is InChI=1S/C3H5NO2.CH5N/c5-3-4-1-2-6-3;1-2/h1-2H2,(H,4,5);2H2,1H3. The van der Waals surface area contributed by atoms with E-state index in [2.05, 4.69) is 15.8 Å². The minimum absolute atomic E-state index is 0.296. The highest BCUT2D eigenvalue weighted by Gasteiger charge is 2.06. The Morgan fingerprint density at radius 2 is 2.38 bits per heavy atom. The SMILES string of the molecule is CN.O=C1NCCO1. The Bertz CT molecular complexity index is 66.4. The molecule has 1 rings (SSSR count). The molecule has 0 unspecified atom stereocenters. The third kappa shape index (κ3) is 2.41. The molecule has 3 N–H and O–H groups in total. The van der Waals surface area contributed by atoms with Crippen molar-refractivity contribution in [1.29, 1.82) is 0 Å². The van der Waals surface area contributed by atoms with E-state index in [1.54, 1.807) is 0 Å². The third-order valence-electron chi connectivity index (χ3n) is 0.605. The molecule has 1 amide bonds. The van der Waals surface area contributed by atoms with Crippen LogP contribution in [0.1, 0.15) is 0 Å². The Morgan fingerprint density at radius 3 is 2.50 bits per heavy atom. The Morgan fingerprint density at radius 1 is 1.75 bits per heavy atom. The molecule has 1 aliphatic rings. The molecular formula is C4H10N2O2. The molecule has 1 heterocycles. The number of amides is 1. The average molecular weight is 118 g/mol. The normalized spacial score (nSPS) is 15.5. The molecule has 0 aromatic carbocycles. The summed E-state index contributed by atoms with van der Waals surface area (Å²) in [5, 5.41) is 2.46. The zero-order valence-electron chi connectivity index (χ0n) is 4.81. The van der Waals surface area contributed by atoms with Crippen molar-refractivity contribution in [3.63, 3.8) is 0 Å². The molecule has 0 radical (unpaired) electrons. The second kappa shape index (κ2) is 4.39. The lowest BCUT2D eigenvalue weighted by atomic mass is 10.7. The maximum absolute atomic E-state index is 9.91. The summed E-state index contributed by atoms with van der Waals surface area (Å²) in [5.41, 5.74) is 4.50. The molecule has 0 aliphatic carbocycles. The van der Waals surface area contributed by atoms with Crippen LogP contribution in [0.25, 0.3) is 0 Å². The Kier molecular flexibility index (Phi) is 3.97. The number of rotatable bonds is 0. The number of carbonyl (C=O) groups is 1. The first-order chi connectivity index (χ1) is 3.89. The highest BCUT2D eigenvalue weighted by Crippen LogP contribution is 1.82. The van der Waals surface area contributed by atoms with Gasteiger partial charge in [-0.15, -0.1) is 0 Å². The summed E-state index contributed by atoms with van der Waals surface area (Å²) in [6.45, 7) is 1.19. The van der Waals surface area contributed by atoms with Gasteiger partial charge in [-0.2, -0.15) is 0 Å². The number of hydrogen-bond donors (Lipinski definition) is 2. The van der Waals surface area contributed by atoms with Crippen molar-refractivity contribution in [2.75, 3.05) is 20.2 Å². The van der Waals surface area contributed by atoms with Crippen molar-refractivity contribution in [3.05, 3.63) is 0 Å². The summed E-state index contributed by atoms with van der Waals surface area (Å²) in [4.78, 5) is 9.91. The molecule has 0 spiro atoms. The number of alkyl carbamates (subject to hydrolysis) is 1. The summed E-state index contributed by atoms with van der Waals surface area (Å²) < 4.78 is 4.40. The fourth-order valence-electron chi connectivity index (χ4n) is 0.348. The second-order valence-electron chi connectivity index (χ2n) is 1.06. The van der Waals surface area contributed by atoms with Crippen molar-refractivity contribution in [1.82, 2.24) is 5.32 Å². The van der Waals surface area contributed by atoms with Gasteiger partial charge < -0.3 is 15.8 Å². The van der Waals surface area contributed by atoms with Crippen LogP contribution in [0.5, 0.6) is 0 Å². The summed E-state index contributed by atoms with van der Waals surface area (Å²) >= 11 is 0. The number of nitrogens with two attached hydrogens (primary N) is 1. The summed E-state index contributed by atoms with van der Waals surface area (Å²) in [6, 6.07) is 0. The molecule has 1 aliphatic heterocycles. The van der Waals surface area contributed by atoms with Gasteiger partial charge in [0.1, 0.15) is 6.61 Å². The van der Waals surface area contributed by atoms with Gasteiger partial charge in [0.15, 0.2) is 0 Å². The molecule has 8 heavy (non-hydrogen) atoms. The lowest BCUT2D eigenvalue weighted by Gasteiger charge is -1.80. The molecule has 0 atom stereocenters. The number of hydrogen-bond acceptors (Lipinski definition) is 3. The highest BCUT2D eigenvalue weighted by atomic mass is 16.6. The van der Waals surface area contributed by atoms with Crippen LogP contribution in [0.2, 0.25) is 0 Å². The lowest BCUT2D eigenvalue weighted by molar-refractivity contribution is 0.178. The molecule has 0 bridgehead atoms. The minimum Gasteiger partial charge on any atom is -0.448 e. The lowest BCUT2D eigenvalue weighted by Crippen LogP contribution is -2.11. The molecule has 1 saturated heterocycles. The van der Waals surface area contributed by atoms with E-state index in [-0.39, 0.29) is 6.09 Å². The fourth-order valence-corrected chi connectivity index (χ4v) is 0.348. The van der Waals surface area contributed by atoms with Crippen LogP contribution in [-0.4, -0.2) is 26.3 Å². The van der Waals surface area contributed by atoms with E-state index in [4.69, 9.17) is 0 Å². The van der Waals surface area contributed by atoms with E-state index >= 15 is 0 Å². The summed E-state index contributed by atoms with van der Waals surface area (Å²) in [7, 11) is 1.50. The summed E-state index contributed by atoms with van der Waals surface area (Å²) in [5.74, 6) is 0. The van der Waals surface area contributed by atoms with Gasteiger partial charge in [0, 0.05) is 0 Å². The predicted octanol–water partition coefficient (Wildman–Crippen LogP) is -0.699. The van der Waals surface area contributed by atoms with Crippen LogP contribution >= 0.6 is 0 Å². The quantitative estimate of drug-likeness (QED) is 0.442. The number of nitrogens with one attached hydrogen (secondary N) is 1. The predicted molar refractivity (Wildman–Crippen MR) is 29.5 cm³/mol. The van der Waals surface area contributed by atoms with Crippen LogP contribution in [0, 0.1) is 0 Å². The van der Waals surface area contributed by atoms with E-state index in [1.807, 2.05) is 0 Å². The van der Waals surface area contributed by atoms with Gasteiger partial charge >= 0.3 is 6.09 Å². The Balaban J connectivity index is 0.000000222. The van der Waals surface area contributed by atoms with Gasteiger partial charge in [-0.05, 0) is 7.05 Å². The Hall–Kier alpha value is -0.770. The fraction of sp³-hybridized carbons (Fsp3) is 0.750. The second-order valence-corrected chi connectivity index (χ2v) is 1.06. The van der Waals surface area contributed by atoms with E-state index in [1.165, 1.54) is 7.05 Å². The van der Waals surface area contributed by atoms with Crippen LogP contribution in [0.15, 0.2) is 0 Å². The van der Waals surface area contributed by atoms with Crippen LogP contribution in [0.3, 0.4) is 0 Å². The number of ether oxygens (including phenoxy) is 1. The van der Waals surface area contributed by atoms with E-state index in [0.717, 1.165) is 0 Å². The van der Waals surface area contributed by atoms with E-state index < -0.39 is 0 Å². The smallest absolute Gasteiger partial charge is 0.407 e. The maximum atomic E-state index is 9.91. The van der Waals surface area contributed by atoms with Crippen molar-refractivity contribution >= 4 is 6.09 Å². The van der Waals surface area contributed by atoms with Gasteiger partial charge in [-0.25, -0.2) is 4.79 Å². The molecule has 4 nitrogen and oxygen atoms in total. The van der Waals surface area contributed by atoms with Crippen molar-refractivity contribution < 1.29 is 9.53 Å². The molecule has 48 valence electrons. The molecular weight excluding hydrogens is 108 g/mol. The largest absolute Gasteiger partial charge is 0.448 e. The summed E-state index contributed by atoms with van der Waals surface area (Å²) in [6.07, 6.45) is -0.296. The van der Waals surface area contributed by atoms with Crippen LogP contribution in [-0.2, 0) is 4.74 Å². The highest BCUT2D eigenvalue weighted by molar-refractivity contribution is 5.68. The minimum atomic E-state index is -0.296. The third-order valence-corrected chi connectivity index (χ3v) is 0.605. The first-order valence-electron chi connectivity index (χ1n) is 2.38. The average Bonchev–Trinajstić information content (AvgIpc) is 2.24. The van der Waals surface area contributed by atoms with Gasteiger partial charge in [0.05, 0.1) is 6.54 Å².